The first-order valence-corrected chi connectivity index (χ1v) is 10.6. The molecule has 0 aliphatic carbocycles. The Morgan fingerprint density at radius 3 is 2.29 bits per heavy atom. The lowest BCUT2D eigenvalue weighted by Gasteiger charge is -2.08. The molecular weight excluding hydrogens is 403 g/mol. The number of nitrogens with one attached hydrogen (secondary N) is 3. The van der Waals surface area contributed by atoms with Gasteiger partial charge in [-0.15, -0.1) is 11.3 Å². The molecule has 0 saturated carbocycles. The van der Waals surface area contributed by atoms with Gasteiger partial charge in [-0.1, -0.05) is 30.3 Å². The summed E-state index contributed by atoms with van der Waals surface area (Å²) in [6, 6.07) is 14.4. The van der Waals surface area contributed by atoms with Gasteiger partial charge in [-0.3, -0.25) is 0 Å². The quantitative estimate of drug-likeness (QED) is 0.541. The molecule has 146 valence electrons. The SMILES string of the molecule is O=C(Nc1ccccc1)Nc1ccc(-c2cnc(CNS(=O)(=O)CF)s2)cc1. The Morgan fingerprint density at radius 1 is 1.00 bits per heavy atom. The second-order valence-electron chi connectivity index (χ2n) is 5.69. The molecule has 0 fully saturated rings. The van der Waals surface area contributed by atoms with Crippen molar-refractivity contribution in [3.8, 4) is 10.4 Å². The zero-order valence-electron chi connectivity index (χ0n) is 14.6. The number of hydrogen-bond donors (Lipinski definition) is 3. The van der Waals surface area contributed by atoms with Crippen molar-refractivity contribution in [1.82, 2.24) is 9.71 Å². The van der Waals surface area contributed by atoms with Gasteiger partial charge in [0.05, 0.1) is 11.4 Å². The summed E-state index contributed by atoms with van der Waals surface area (Å²) in [6.07, 6.45) is 1.62. The normalized spacial score (nSPS) is 11.2. The Hall–Kier alpha value is -2.82. The third kappa shape index (κ3) is 5.59. The van der Waals surface area contributed by atoms with Gasteiger partial charge in [0.1, 0.15) is 5.01 Å². The number of nitrogens with zero attached hydrogens (tertiary/aromatic N) is 1. The van der Waals surface area contributed by atoms with Crippen molar-refractivity contribution in [2.24, 2.45) is 0 Å². The van der Waals surface area contributed by atoms with E-state index in [4.69, 9.17) is 0 Å². The van der Waals surface area contributed by atoms with Crippen LogP contribution in [0.3, 0.4) is 0 Å². The molecular formula is C18H17FN4O3S2. The highest BCUT2D eigenvalue weighted by Gasteiger charge is 2.11. The number of sulfonamides is 1. The fraction of sp³-hybridized carbons (Fsp3) is 0.111. The molecule has 2 amide bonds. The van der Waals surface area contributed by atoms with Crippen molar-refractivity contribution in [2.75, 3.05) is 16.6 Å². The molecule has 2 aromatic carbocycles. The van der Waals surface area contributed by atoms with Gasteiger partial charge in [0.2, 0.25) is 16.0 Å². The molecule has 3 N–H and O–H groups in total. The van der Waals surface area contributed by atoms with Gasteiger partial charge in [-0.05, 0) is 29.8 Å². The van der Waals surface area contributed by atoms with E-state index >= 15 is 0 Å². The molecule has 1 aromatic heterocycles. The van der Waals surface area contributed by atoms with E-state index in [1.54, 1.807) is 30.5 Å². The molecule has 3 aromatic rings. The molecule has 0 radical (unpaired) electrons. The molecule has 7 nitrogen and oxygen atoms in total. The van der Waals surface area contributed by atoms with Gasteiger partial charge in [-0.25, -0.2) is 27.3 Å². The number of hydrogen-bond acceptors (Lipinski definition) is 5. The standard InChI is InChI=1S/C18H17FN4O3S2/c19-12-28(25,26)21-11-17-20-10-16(27-17)13-6-8-15(9-7-13)23-18(24)22-14-4-2-1-3-5-14/h1-10,21H,11-12H2,(H2,22,23,24). The minimum Gasteiger partial charge on any atom is -0.308 e. The van der Waals surface area contributed by atoms with E-state index in [1.807, 2.05) is 30.3 Å². The monoisotopic (exact) mass is 420 g/mol. The number of alkyl halides is 1. The lowest BCUT2D eigenvalue weighted by molar-refractivity contribution is 0.262. The van der Waals surface area contributed by atoms with Crippen molar-refractivity contribution in [3.63, 3.8) is 0 Å². The van der Waals surface area contributed by atoms with Crippen molar-refractivity contribution in [1.29, 1.82) is 0 Å². The maximum atomic E-state index is 12.3. The Morgan fingerprint density at radius 2 is 1.64 bits per heavy atom. The summed E-state index contributed by atoms with van der Waals surface area (Å²) < 4.78 is 36.7. The summed E-state index contributed by atoms with van der Waals surface area (Å²) in [5.41, 5.74) is 2.18. The number of carbonyl (C=O) groups is 1. The maximum Gasteiger partial charge on any atom is 0.323 e. The molecule has 0 bridgehead atoms. The van der Waals surface area contributed by atoms with Crippen LogP contribution in [-0.2, 0) is 16.6 Å². The molecule has 0 spiro atoms. The van der Waals surface area contributed by atoms with Gasteiger partial charge in [0, 0.05) is 17.6 Å². The molecule has 0 aliphatic heterocycles. The summed E-state index contributed by atoms with van der Waals surface area (Å²) in [5, 5.41) is 6.00. The van der Waals surface area contributed by atoms with Crippen LogP contribution in [0.2, 0.25) is 0 Å². The molecule has 0 saturated heterocycles. The van der Waals surface area contributed by atoms with Crippen LogP contribution in [0.5, 0.6) is 0 Å². The Kier molecular flexibility index (Phi) is 6.34. The number of rotatable bonds is 7. The summed E-state index contributed by atoms with van der Waals surface area (Å²) in [6.45, 7) is -0.0593. The van der Waals surface area contributed by atoms with Gasteiger partial charge in [0.25, 0.3) is 0 Å². The van der Waals surface area contributed by atoms with Crippen molar-refractivity contribution in [3.05, 3.63) is 65.8 Å². The number of thiazole rings is 1. The third-order valence-corrected chi connectivity index (χ3v) is 5.52. The number of amides is 2. The lowest BCUT2D eigenvalue weighted by atomic mass is 10.2. The molecule has 1 heterocycles. The summed E-state index contributed by atoms with van der Waals surface area (Å²) >= 11 is 1.30. The van der Waals surface area contributed by atoms with Crippen LogP contribution in [-0.4, -0.2) is 25.4 Å². The fourth-order valence-corrected chi connectivity index (χ4v) is 3.66. The maximum absolute atomic E-state index is 12.3. The van der Waals surface area contributed by atoms with Crippen molar-refractivity contribution >= 4 is 38.8 Å². The first kappa shape index (κ1) is 19.9. The second kappa shape index (κ2) is 8.91. The van der Waals surface area contributed by atoms with E-state index in [-0.39, 0.29) is 12.6 Å². The van der Waals surface area contributed by atoms with Gasteiger partial charge in [0.15, 0.2) is 0 Å². The van der Waals surface area contributed by atoms with Crippen LogP contribution in [0.1, 0.15) is 5.01 Å². The zero-order valence-corrected chi connectivity index (χ0v) is 16.2. The molecule has 0 unspecified atom stereocenters. The first-order valence-electron chi connectivity index (χ1n) is 8.17. The third-order valence-electron chi connectivity index (χ3n) is 3.60. The Labute approximate surface area is 165 Å². The highest BCUT2D eigenvalue weighted by molar-refractivity contribution is 7.89. The fourth-order valence-electron chi connectivity index (χ4n) is 2.27. The number of para-hydroxylation sites is 1. The van der Waals surface area contributed by atoms with Crippen LogP contribution in [0.25, 0.3) is 10.4 Å². The topological polar surface area (TPSA) is 100 Å². The number of carbonyl (C=O) groups excluding carboxylic acids is 1. The van der Waals surface area contributed by atoms with Crippen LogP contribution in [0.4, 0.5) is 20.6 Å². The highest BCUT2D eigenvalue weighted by Crippen LogP contribution is 2.27. The number of benzene rings is 2. The van der Waals surface area contributed by atoms with Crippen molar-refractivity contribution < 1.29 is 17.6 Å². The zero-order chi connectivity index (χ0) is 20.0. The predicted molar refractivity (Wildman–Crippen MR) is 108 cm³/mol. The first-order chi connectivity index (χ1) is 13.4. The van der Waals surface area contributed by atoms with Crippen LogP contribution >= 0.6 is 11.3 Å². The second-order valence-corrected chi connectivity index (χ2v) is 8.54. The van der Waals surface area contributed by atoms with Gasteiger partial charge >= 0.3 is 6.03 Å². The highest BCUT2D eigenvalue weighted by atomic mass is 32.2. The predicted octanol–water partition coefficient (Wildman–Crippen LogP) is 3.80. The molecule has 10 heteroatoms. The van der Waals surface area contributed by atoms with Crippen LogP contribution in [0, 0.1) is 0 Å². The van der Waals surface area contributed by atoms with E-state index in [0.29, 0.717) is 16.4 Å². The number of aromatic nitrogens is 1. The van der Waals surface area contributed by atoms with E-state index < -0.39 is 16.0 Å². The Balaban J connectivity index is 1.59. The summed E-state index contributed by atoms with van der Waals surface area (Å²) in [7, 11) is -3.91. The molecule has 0 atom stereocenters. The average Bonchev–Trinajstić information content (AvgIpc) is 3.17. The minimum absolute atomic E-state index is 0.0593. The van der Waals surface area contributed by atoms with Gasteiger partial charge in [-0.2, -0.15) is 0 Å². The van der Waals surface area contributed by atoms with Crippen LogP contribution < -0.4 is 15.4 Å². The number of anilines is 2. The smallest absolute Gasteiger partial charge is 0.308 e. The van der Waals surface area contributed by atoms with Crippen LogP contribution in [0.15, 0.2) is 60.8 Å². The van der Waals surface area contributed by atoms with E-state index in [0.717, 1.165) is 10.4 Å². The average molecular weight is 420 g/mol. The summed E-state index contributed by atoms with van der Waals surface area (Å²) in [5.74, 6) is 0. The number of halogens is 1. The van der Waals surface area contributed by atoms with E-state index in [9.17, 15) is 17.6 Å². The van der Waals surface area contributed by atoms with Crippen molar-refractivity contribution in [2.45, 2.75) is 6.54 Å². The van der Waals surface area contributed by atoms with E-state index in [1.165, 1.54) is 11.3 Å². The Bertz CT molecular complexity index is 1040. The molecule has 3 rings (SSSR count). The molecule has 28 heavy (non-hydrogen) atoms. The number of urea groups is 1. The largest absolute Gasteiger partial charge is 0.323 e. The lowest BCUT2D eigenvalue weighted by Crippen LogP contribution is -2.24. The van der Waals surface area contributed by atoms with Gasteiger partial charge < -0.3 is 10.6 Å². The molecule has 0 aliphatic rings. The van der Waals surface area contributed by atoms with E-state index in [2.05, 4.69) is 20.3 Å². The summed E-state index contributed by atoms with van der Waals surface area (Å²) in [4.78, 5) is 17.0. The minimum atomic E-state index is -3.91.